The molecule has 1 aromatic rings. The molecule has 2 nitrogen and oxygen atoms in total. The van der Waals surface area contributed by atoms with Gasteiger partial charge in [0, 0.05) is 12.1 Å². The fourth-order valence-corrected chi connectivity index (χ4v) is 1.56. The minimum atomic E-state index is -2.32. The van der Waals surface area contributed by atoms with Crippen LogP contribution >= 0.6 is 12.2 Å². The Balaban J connectivity index is 2.66. The van der Waals surface area contributed by atoms with Gasteiger partial charge in [0.2, 0.25) is 0 Å². The van der Waals surface area contributed by atoms with Gasteiger partial charge in [0.15, 0.2) is 0 Å². The summed E-state index contributed by atoms with van der Waals surface area (Å²) in [6, 6.07) is 7.31. The van der Waals surface area contributed by atoms with Gasteiger partial charge in [-0.3, -0.25) is 4.90 Å². The Hall–Kier alpha value is -1.07. The van der Waals surface area contributed by atoms with Gasteiger partial charge in [-0.25, -0.2) is 8.78 Å². The van der Waals surface area contributed by atoms with Crippen molar-refractivity contribution in [2.45, 2.75) is 13.0 Å². The van der Waals surface area contributed by atoms with Crippen molar-refractivity contribution >= 4 is 17.2 Å². The summed E-state index contributed by atoms with van der Waals surface area (Å²) in [4.78, 5) is 1.88. The topological polar surface area (TPSA) is 29.3 Å². The van der Waals surface area contributed by atoms with E-state index in [-0.39, 0.29) is 6.54 Å². The maximum atomic E-state index is 12.1. The van der Waals surface area contributed by atoms with Gasteiger partial charge < -0.3 is 5.73 Å². The van der Waals surface area contributed by atoms with E-state index in [1.807, 2.05) is 18.2 Å². The van der Waals surface area contributed by atoms with Crippen molar-refractivity contribution in [1.29, 1.82) is 0 Å². The molecule has 1 rings (SSSR count). The molecule has 0 aromatic heterocycles. The number of hydrogen-bond donors (Lipinski definition) is 1. The molecule has 0 aliphatic heterocycles. The van der Waals surface area contributed by atoms with Crippen LogP contribution in [0.2, 0.25) is 0 Å². The van der Waals surface area contributed by atoms with Gasteiger partial charge in [0.1, 0.15) is 4.99 Å². The first-order chi connectivity index (χ1) is 7.49. The monoisotopic (exact) mass is 244 g/mol. The molecule has 16 heavy (non-hydrogen) atoms. The molecule has 5 heteroatoms. The lowest BCUT2D eigenvalue weighted by atomic mass is 10.1. The first-order valence-corrected chi connectivity index (χ1v) is 5.25. The highest BCUT2D eigenvalue weighted by molar-refractivity contribution is 7.80. The van der Waals surface area contributed by atoms with Gasteiger partial charge in [-0.1, -0.05) is 30.4 Å². The van der Waals surface area contributed by atoms with Crippen molar-refractivity contribution in [3.05, 3.63) is 35.4 Å². The van der Waals surface area contributed by atoms with E-state index in [2.05, 4.69) is 0 Å². The Kier molecular flexibility index (Phi) is 4.76. The lowest BCUT2D eigenvalue weighted by molar-refractivity contribution is 0.0975. The van der Waals surface area contributed by atoms with Crippen molar-refractivity contribution in [2.75, 3.05) is 13.6 Å². The molecular weight excluding hydrogens is 230 g/mol. The van der Waals surface area contributed by atoms with E-state index in [0.29, 0.717) is 11.5 Å². The maximum Gasteiger partial charge on any atom is 0.251 e. The third-order valence-corrected chi connectivity index (χ3v) is 2.35. The minimum absolute atomic E-state index is 0.239. The second-order valence-electron chi connectivity index (χ2n) is 3.65. The van der Waals surface area contributed by atoms with Gasteiger partial charge in [0.25, 0.3) is 6.43 Å². The Labute approximate surface area is 99.0 Å². The molecule has 0 aliphatic carbocycles. The highest BCUT2D eigenvalue weighted by Gasteiger charge is 2.08. The van der Waals surface area contributed by atoms with Gasteiger partial charge >= 0.3 is 0 Å². The zero-order valence-electron chi connectivity index (χ0n) is 8.99. The van der Waals surface area contributed by atoms with E-state index in [4.69, 9.17) is 18.0 Å². The molecule has 0 radical (unpaired) electrons. The Morgan fingerprint density at radius 1 is 1.50 bits per heavy atom. The predicted octanol–water partition coefficient (Wildman–Crippen LogP) is 2.02. The Morgan fingerprint density at radius 2 is 2.19 bits per heavy atom. The van der Waals surface area contributed by atoms with Crippen LogP contribution in [-0.2, 0) is 6.54 Å². The molecule has 88 valence electrons. The first kappa shape index (κ1) is 13.0. The third-order valence-electron chi connectivity index (χ3n) is 2.11. The van der Waals surface area contributed by atoms with Crippen LogP contribution in [0.4, 0.5) is 8.78 Å². The number of halogens is 2. The smallest absolute Gasteiger partial charge is 0.251 e. The summed E-state index contributed by atoms with van der Waals surface area (Å²) in [6.07, 6.45) is -2.32. The SMILES string of the molecule is CN(Cc1cccc(C(N)=S)c1)CC(F)F. The van der Waals surface area contributed by atoms with E-state index in [1.165, 1.54) is 0 Å². The standard InChI is InChI=1S/C11H14F2N2S/c1-15(7-10(12)13)6-8-3-2-4-9(5-8)11(14)16/h2-5,10H,6-7H2,1H3,(H2,14,16). The zero-order chi connectivity index (χ0) is 12.1. The van der Waals surface area contributed by atoms with Gasteiger partial charge in [-0.15, -0.1) is 0 Å². The number of alkyl halides is 2. The Bertz CT molecular complexity index is 369. The minimum Gasteiger partial charge on any atom is -0.389 e. The first-order valence-electron chi connectivity index (χ1n) is 4.84. The fraction of sp³-hybridized carbons (Fsp3) is 0.364. The second-order valence-corrected chi connectivity index (χ2v) is 4.09. The molecule has 0 bridgehead atoms. The zero-order valence-corrected chi connectivity index (χ0v) is 9.81. The lowest BCUT2D eigenvalue weighted by Gasteiger charge is -2.16. The van der Waals surface area contributed by atoms with Crippen LogP contribution in [0.1, 0.15) is 11.1 Å². The molecule has 2 N–H and O–H groups in total. The highest BCUT2D eigenvalue weighted by atomic mass is 32.1. The highest BCUT2D eigenvalue weighted by Crippen LogP contribution is 2.08. The molecule has 0 saturated heterocycles. The van der Waals surface area contributed by atoms with Crippen LogP contribution in [0, 0.1) is 0 Å². The van der Waals surface area contributed by atoms with Crippen LogP contribution < -0.4 is 5.73 Å². The third kappa shape index (κ3) is 4.20. The number of nitrogens with two attached hydrogens (primary N) is 1. The fourth-order valence-electron chi connectivity index (χ4n) is 1.43. The molecule has 0 amide bonds. The van der Waals surface area contributed by atoms with Crippen molar-refractivity contribution in [3.63, 3.8) is 0 Å². The molecule has 0 spiro atoms. The number of nitrogens with zero attached hydrogens (tertiary/aromatic N) is 1. The van der Waals surface area contributed by atoms with Crippen LogP contribution in [0.15, 0.2) is 24.3 Å². The summed E-state index contributed by atoms with van der Waals surface area (Å²) in [6.45, 7) is 0.220. The number of thiocarbonyl (C=S) groups is 1. The van der Waals surface area contributed by atoms with E-state index < -0.39 is 6.43 Å². The molecule has 0 fully saturated rings. The van der Waals surface area contributed by atoms with Crippen LogP contribution in [-0.4, -0.2) is 29.9 Å². The molecule has 0 aliphatic rings. The molecule has 1 aromatic carbocycles. The van der Waals surface area contributed by atoms with Crippen LogP contribution in [0.3, 0.4) is 0 Å². The van der Waals surface area contributed by atoms with E-state index in [0.717, 1.165) is 11.1 Å². The average molecular weight is 244 g/mol. The lowest BCUT2D eigenvalue weighted by Crippen LogP contribution is -2.24. The second kappa shape index (κ2) is 5.86. The summed E-state index contributed by atoms with van der Waals surface area (Å²) >= 11 is 4.85. The molecule has 0 heterocycles. The van der Waals surface area contributed by atoms with Gasteiger partial charge in [0.05, 0.1) is 6.54 Å². The summed E-state index contributed by atoms with van der Waals surface area (Å²) in [5, 5.41) is 0. The molecule has 0 saturated carbocycles. The van der Waals surface area contributed by atoms with Gasteiger partial charge in [-0.2, -0.15) is 0 Å². The summed E-state index contributed by atoms with van der Waals surface area (Å²) < 4.78 is 24.2. The number of benzene rings is 1. The van der Waals surface area contributed by atoms with Crippen molar-refractivity contribution in [3.8, 4) is 0 Å². The van der Waals surface area contributed by atoms with E-state index in [1.54, 1.807) is 18.0 Å². The normalized spacial score (nSPS) is 11.1. The summed E-state index contributed by atoms with van der Waals surface area (Å²) in [5.74, 6) is 0. The predicted molar refractivity (Wildman–Crippen MR) is 64.7 cm³/mol. The van der Waals surface area contributed by atoms with E-state index >= 15 is 0 Å². The molecule has 0 atom stereocenters. The number of hydrogen-bond acceptors (Lipinski definition) is 2. The molecular formula is C11H14F2N2S. The summed E-state index contributed by atoms with van der Waals surface area (Å²) in [7, 11) is 1.65. The Morgan fingerprint density at radius 3 is 2.75 bits per heavy atom. The molecule has 0 unspecified atom stereocenters. The largest absolute Gasteiger partial charge is 0.389 e. The van der Waals surface area contributed by atoms with Gasteiger partial charge in [-0.05, 0) is 18.7 Å². The van der Waals surface area contributed by atoms with Crippen molar-refractivity contribution in [2.24, 2.45) is 5.73 Å². The van der Waals surface area contributed by atoms with Crippen molar-refractivity contribution < 1.29 is 8.78 Å². The maximum absolute atomic E-state index is 12.1. The average Bonchev–Trinajstić information content (AvgIpc) is 2.16. The quantitative estimate of drug-likeness (QED) is 0.803. The van der Waals surface area contributed by atoms with Crippen LogP contribution in [0.5, 0.6) is 0 Å². The van der Waals surface area contributed by atoms with Crippen molar-refractivity contribution in [1.82, 2.24) is 4.90 Å². The van der Waals surface area contributed by atoms with Crippen LogP contribution in [0.25, 0.3) is 0 Å². The van der Waals surface area contributed by atoms with E-state index in [9.17, 15) is 8.78 Å². The number of rotatable bonds is 5. The summed E-state index contributed by atoms with van der Waals surface area (Å²) in [5.41, 5.74) is 7.18.